The molecular weight excluding hydrogens is 534 g/mol. The van der Waals surface area contributed by atoms with E-state index in [-0.39, 0.29) is 0 Å². The predicted molar refractivity (Wildman–Crippen MR) is 184 cm³/mol. The van der Waals surface area contributed by atoms with E-state index < -0.39 is 0 Å². The second-order valence-corrected chi connectivity index (χ2v) is 11.2. The van der Waals surface area contributed by atoms with Crippen LogP contribution in [-0.4, -0.2) is 15.0 Å². The van der Waals surface area contributed by atoms with Crippen LogP contribution in [0.15, 0.2) is 152 Å². The largest absolute Gasteiger partial charge is 0.247 e. The third-order valence-electron chi connectivity index (χ3n) is 8.63. The lowest BCUT2D eigenvalue weighted by molar-refractivity contribution is 1.23. The number of aromatic nitrogens is 3. The van der Waals surface area contributed by atoms with Crippen LogP contribution >= 0.6 is 0 Å². The van der Waals surface area contributed by atoms with Crippen molar-refractivity contribution < 1.29 is 0 Å². The average Bonchev–Trinajstić information content (AvgIpc) is 3.10. The van der Waals surface area contributed by atoms with Crippen molar-refractivity contribution in [2.24, 2.45) is 0 Å². The summed E-state index contributed by atoms with van der Waals surface area (Å²) in [5, 5.41) is 9.49. The van der Waals surface area contributed by atoms with Gasteiger partial charge in [-0.25, -0.2) is 15.0 Å². The third kappa shape index (κ3) is 3.94. The number of fused-ring (bicyclic) bond motifs is 7. The lowest BCUT2D eigenvalue weighted by atomic mass is 9.95. The Balaban J connectivity index is 1.20. The van der Waals surface area contributed by atoms with Gasteiger partial charge in [0.15, 0.2) is 5.82 Å². The first-order chi connectivity index (χ1) is 21.8. The summed E-state index contributed by atoms with van der Waals surface area (Å²) < 4.78 is 0. The van der Waals surface area contributed by atoms with Gasteiger partial charge in [0.1, 0.15) is 0 Å². The Hall–Kier alpha value is -5.93. The summed E-state index contributed by atoms with van der Waals surface area (Å²) in [7, 11) is 0. The molecule has 0 fully saturated rings. The molecule has 2 aromatic heterocycles. The van der Waals surface area contributed by atoms with Crippen LogP contribution in [-0.2, 0) is 0 Å². The molecule has 0 spiro atoms. The minimum absolute atomic E-state index is 0.709. The first-order valence-corrected chi connectivity index (χ1v) is 14.9. The van der Waals surface area contributed by atoms with Gasteiger partial charge in [-0.15, -0.1) is 0 Å². The molecule has 0 atom stereocenters. The highest BCUT2D eigenvalue weighted by Gasteiger charge is 2.15. The number of rotatable bonds is 3. The van der Waals surface area contributed by atoms with E-state index in [1.807, 2.05) is 6.07 Å². The highest BCUT2D eigenvalue weighted by molar-refractivity contribution is 6.22. The lowest BCUT2D eigenvalue weighted by Gasteiger charge is -2.13. The molecule has 0 aliphatic rings. The molecule has 0 bridgehead atoms. The maximum atomic E-state index is 5.17. The highest BCUT2D eigenvalue weighted by Crippen LogP contribution is 2.38. The molecule has 0 aliphatic heterocycles. The van der Waals surface area contributed by atoms with E-state index in [1.165, 1.54) is 32.3 Å². The van der Waals surface area contributed by atoms with Crippen LogP contribution in [0.4, 0.5) is 0 Å². The van der Waals surface area contributed by atoms with Crippen molar-refractivity contribution in [3.05, 3.63) is 152 Å². The number of hydrogen-bond donors (Lipinski definition) is 0. The molecule has 0 unspecified atom stereocenters. The average molecular weight is 560 g/mol. The maximum absolute atomic E-state index is 5.17. The number of pyridine rings is 1. The smallest absolute Gasteiger partial charge is 0.160 e. The number of para-hydroxylation sites is 2. The van der Waals surface area contributed by atoms with Crippen LogP contribution < -0.4 is 0 Å². The van der Waals surface area contributed by atoms with E-state index in [2.05, 4.69) is 146 Å². The molecule has 3 heteroatoms. The van der Waals surface area contributed by atoms with Gasteiger partial charge in [0, 0.05) is 38.2 Å². The van der Waals surface area contributed by atoms with E-state index in [0.717, 1.165) is 49.9 Å². The molecule has 204 valence electrons. The Morgan fingerprint density at radius 3 is 1.70 bits per heavy atom. The highest BCUT2D eigenvalue weighted by atomic mass is 14.9. The molecule has 0 amide bonds. The molecule has 0 saturated heterocycles. The molecule has 0 aliphatic carbocycles. The summed E-state index contributed by atoms with van der Waals surface area (Å²) in [6.07, 6.45) is 0. The fourth-order valence-corrected chi connectivity index (χ4v) is 6.48. The van der Waals surface area contributed by atoms with Crippen LogP contribution in [0.3, 0.4) is 0 Å². The van der Waals surface area contributed by atoms with Crippen LogP contribution in [0, 0.1) is 0 Å². The number of nitrogens with zero attached hydrogens (tertiary/aromatic N) is 3. The Morgan fingerprint density at radius 2 is 0.886 bits per heavy atom. The lowest BCUT2D eigenvalue weighted by Crippen LogP contribution is -1.95. The molecule has 9 aromatic rings. The first-order valence-electron chi connectivity index (χ1n) is 14.9. The quantitative estimate of drug-likeness (QED) is 0.202. The van der Waals surface area contributed by atoms with Gasteiger partial charge in [-0.05, 0) is 39.7 Å². The molecule has 9 rings (SSSR count). The summed E-state index contributed by atoms with van der Waals surface area (Å²) in [6, 6.07) is 53.2. The van der Waals surface area contributed by atoms with Crippen molar-refractivity contribution in [1.29, 1.82) is 0 Å². The molecule has 44 heavy (non-hydrogen) atoms. The Kier molecular flexibility index (Phi) is 5.50. The van der Waals surface area contributed by atoms with Crippen LogP contribution in [0.5, 0.6) is 0 Å². The summed E-state index contributed by atoms with van der Waals surface area (Å²) in [5.74, 6) is 0.709. The van der Waals surface area contributed by atoms with E-state index in [0.29, 0.717) is 5.82 Å². The monoisotopic (exact) mass is 559 g/mol. The van der Waals surface area contributed by atoms with Crippen LogP contribution in [0.25, 0.3) is 88.0 Å². The van der Waals surface area contributed by atoms with Crippen LogP contribution in [0.2, 0.25) is 0 Å². The van der Waals surface area contributed by atoms with Crippen molar-refractivity contribution in [3.63, 3.8) is 0 Å². The van der Waals surface area contributed by atoms with E-state index in [4.69, 9.17) is 15.0 Å². The van der Waals surface area contributed by atoms with Crippen molar-refractivity contribution in [3.8, 4) is 33.9 Å². The Labute approximate surface area is 254 Å². The summed E-state index contributed by atoms with van der Waals surface area (Å²) in [6.45, 7) is 0. The van der Waals surface area contributed by atoms with E-state index in [1.54, 1.807) is 0 Å². The standard InChI is InChI=1S/C41H25N3/c1-2-11-30-25-31(22-17-26(30)9-1)40-34-14-6-8-16-37(34)43-41(44-40)29-20-18-28(19-21-29)39-35-24-23-27-10-3-4-12-32(27)38(35)33-13-5-7-15-36(33)42-39/h1-25H. The molecule has 2 heterocycles. The predicted octanol–water partition coefficient (Wildman–Crippen LogP) is 10.6. The summed E-state index contributed by atoms with van der Waals surface area (Å²) in [5.41, 5.74) is 6.96. The normalized spacial score (nSPS) is 11.6. The molecule has 0 saturated carbocycles. The van der Waals surface area contributed by atoms with Crippen molar-refractivity contribution in [2.45, 2.75) is 0 Å². The molecule has 3 nitrogen and oxygen atoms in total. The zero-order valence-electron chi connectivity index (χ0n) is 23.8. The van der Waals surface area contributed by atoms with Crippen molar-refractivity contribution in [2.75, 3.05) is 0 Å². The molecule has 7 aromatic carbocycles. The minimum Gasteiger partial charge on any atom is -0.247 e. The van der Waals surface area contributed by atoms with E-state index in [9.17, 15) is 0 Å². The fourth-order valence-electron chi connectivity index (χ4n) is 6.48. The summed E-state index contributed by atoms with van der Waals surface area (Å²) >= 11 is 0. The fraction of sp³-hybridized carbons (Fsp3) is 0. The maximum Gasteiger partial charge on any atom is 0.160 e. The van der Waals surface area contributed by atoms with Crippen molar-refractivity contribution >= 4 is 54.1 Å². The van der Waals surface area contributed by atoms with Gasteiger partial charge in [-0.1, -0.05) is 133 Å². The number of benzene rings is 7. The molecular formula is C41H25N3. The van der Waals surface area contributed by atoms with Gasteiger partial charge >= 0.3 is 0 Å². The Morgan fingerprint density at radius 1 is 0.318 bits per heavy atom. The molecule has 0 radical (unpaired) electrons. The topological polar surface area (TPSA) is 38.7 Å². The van der Waals surface area contributed by atoms with Gasteiger partial charge in [-0.3, -0.25) is 0 Å². The van der Waals surface area contributed by atoms with Gasteiger partial charge in [0.25, 0.3) is 0 Å². The van der Waals surface area contributed by atoms with Crippen molar-refractivity contribution in [1.82, 2.24) is 15.0 Å². The van der Waals surface area contributed by atoms with Crippen LogP contribution in [0.1, 0.15) is 0 Å². The zero-order valence-corrected chi connectivity index (χ0v) is 23.8. The minimum atomic E-state index is 0.709. The van der Waals surface area contributed by atoms with Gasteiger partial charge in [-0.2, -0.15) is 0 Å². The Bertz CT molecular complexity index is 2530. The third-order valence-corrected chi connectivity index (χ3v) is 8.63. The van der Waals surface area contributed by atoms with Gasteiger partial charge in [0.05, 0.1) is 22.4 Å². The zero-order chi connectivity index (χ0) is 29.0. The summed E-state index contributed by atoms with van der Waals surface area (Å²) in [4.78, 5) is 15.3. The second-order valence-electron chi connectivity index (χ2n) is 11.2. The molecule has 0 N–H and O–H groups in total. The van der Waals surface area contributed by atoms with Gasteiger partial charge in [0.2, 0.25) is 0 Å². The second kappa shape index (κ2) is 9.82. The van der Waals surface area contributed by atoms with E-state index >= 15 is 0 Å². The van der Waals surface area contributed by atoms with Gasteiger partial charge < -0.3 is 0 Å². The first kappa shape index (κ1) is 24.6. The SMILES string of the molecule is c1ccc2cc(-c3nc(-c4ccc(-c5nc6ccccc6c6c5ccc5ccccc56)cc4)nc4ccccc34)ccc2c1. The number of hydrogen-bond acceptors (Lipinski definition) is 3.